The van der Waals surface area contributed by atoms with Crippen molar-refractivity contribution in [2.45, 2.75) is 44.2 Å². The standard InChI is InChI=1S/C21H30N4O2S.HI/c1-21(2,3)25-28(26,27)19-13-9-8-12-18(19)16-24-20(22-4)23-15-14-17-10-6-5-7-11-17;/h5-13,25H,14-16H2,1-4H3,(H2,22,23,24);1H. The Balaban J connectivity index is 0.00000420. The first kappa shape index (κ1) is 25.4. The van der Waals surface area contributed by atoms with E-state index in [9.17, 15) is 8.42 Å². The molecule has 8 heteroatoms. The van der Waals surface area contributed by atoms with Gasteiger partial charge in [-0.2, -0.15) is 0 Å². The van der Waals surface area contributed by atoms with Gasteiger partial charge in [0.2, 0.25) is 10.0 Å². The lowest BCUT2D eigenvalue weighted by molar-refractivity contribution is 0.491. The van der Waals surface area contributed by atoms with E-state index in [0.717, 1.165) is 13.0 Å². The minimum Gasteiger partial charge on any atom is -0.356 e. The zero-order chi connectivity index (χ0) is 20.6. The molecule has 0 atom stereocenters. The Kier molecular flexibility index (Phi) is 10.1. The van der Waals surface area contributed by atoms with Crippen LogP contribution in [0.1, 0.15) is 31.9 Å². The van der Waals surface area contributed by atoms with Crippen molar-refractivity contribution in [2.24, 2.45) is 4.99 Å². The Bertz CT molecular complexity index is 894. The van der Waals surface area contributed by atoms with Crippen LogP contribution >= 0.6 is 24.0 Å². The average Bonchev–Trinajstić information content (AvgIpc) is 2.63. The molecule has 2 aromatic rings. The zero-order valence-corrected chi connectivity index (χ0v) is 20.5. The van der Waals surface area contributed by atoms with Crippen molar-refractivity contribution < 1.29 is 8.42 Å². The van der Waals surface area contributed by atoms with Crippen molar-refractivity contribution in [1.82, 2.24) is 15.4 Å². The van der Waals surface area contributed by atoms with Gasteiger partial charge < -0.3 is 10.6 Å². The largest absolute Gasteiger partial charge is 0.356 e. The molecule has 0 bridgehead atoms. The summed E-state index contributed by atoms with van der Waals surface area (Å²) < 4.78 is 28.2. The zero-order valence-electron chi connectivity index (χ0n) is 17.4. The molecule has 0 aliphatic carbocycles. The first-order valence-electron chi connectivity index (χ1n) is 9.31. The van der Waals surface area contributed by atoms with Gasteiger partial charge in [0.25, 0.3) is 0 Å². The summed E-state index contributed by atoms with van der Waals surface area (Å²) in [6, 6.07) is 17.2. The number of nitrogens with one attached hydrogen (secondary N) is 3. The molecule has 0 fully saturated rings. The minimum absolute atomic E-state index is 0. The molecule has 0 saturated heterocycles. The van der Waals surface area contributed by atoms with Gasteiger partial charge in [0.05, 0.1) is 4.90 Å². The summed E-state index contributed by atoms with van der Waals surface area (Å²) in [6.45, 7) is 6.55. The Labute approximate surface area is 191 Å². The van der Waals surface area contributed by atoms with E-state index in [1.807, 2.05) is 51.1 Å². The quantitative estimate of drug-likeness (QED) is 0.292. The smallest absolute Gasteiger partial charge is 0.241 e. The number of rotatable bonds is 7. The Morgan fingerprint density at radius 3 is 2.21 bits per heavy atom. The van der Waals surface area contributed by atoms with Gasteiger partial charge in [-0.15, -0.1) is 24.0 Å². The fourth-order valence-electron chi connectivity index (χ4n) is 2.74. The lowest BCUT2D eigenvalue weighted by Gasteiger charge is -2.22. The van der Waals surface area contributed by atoms with Gasteiger partial charge in [-0.05, 0) is 44.4 Å². The van der Waals surface area contributed by atoms with Crippen molar-refractivity contribution in [3.8, 4) is 0 Å². The van der Waals surface area contributed by atoms with Crippen LogP contribution in [-0.2, 0) is 23.0 Å². The van der Waals surface area contributed by atoms with E-state index in [1.54, 1.807) is 19.2 Å². The van der Waals surface area contributed by atoms with Crippen LogP contribution in [0, 0.1) is 0 Å². The van der Waals surface area contributed by atoms with E-state index in [1.165, 1.54) is 5.56 Å². The third-order valence-corrected chi connectivity index (χ3v) is 5.78. The fraction of sp³-hybridized carbons (Fsp3) is 0.381. The lowest BCUT2D eigenvalue weighted by Crippen LogP contribution is -2.41. The van der Waals surface area contributed by atoms with E-state index in [4.69, 9.17) is 0 Å². The van der Waals surface area contributed by atoms with E-state index in [-0.39, 0.29) is 28.9 Å². The van der Waals surface area contributed by atoms with Gasteiger partial charge in [0, 0.05) is 25.7 Å². The van der Waals surface area contributed by atoms with Crippen LogP contribution in [0.15, 0.2) is 64.5 Å². The molecular weight excluding hydrogens is 499 g/mol. The fourth-order valence-corrected chi connectivity index (χ4v) is 4.40. The van der Waals surface area contributed by atoms with Gasteiger partial charge >= 0.3 is 0 Å². The van der Waals surface area contributed by atoms with Crippen LogP contribution in [0.25, 0.3) is 0 Å². The van der Waals surface area contributed by atoms with Crippen molar-refractivity contribution in [2.75, 3.05) is 13.6 Å². The summed E-state index contributed by atoms with van der Waals surface area (Å²) in [5, 5.41) is 6.45. The molecule has 0 unspecified atom stereocenters. The minimum atomic E-state index is -3.61. The third kappa shape index (κ3) is 8.71. The lowest BCUT2D eigenvalue weighted by atomic mass is 10.1. The van der Waals surface area contributed by atoms with E-state index < -0.39 is 15.6 Å². The van der Waals surface area contributed by atoms with Gasteiger partial charge in [0.15, 0.2) is 5.96 Å². The molecule has 0 aliphatic heterocycles. The van der Waals surface area contributed by atoms with Crippen LogP contribution < -0.4 is 15.4 Å². The summed E-state index contributed by atoms with van der Waals surface area (Å²) in [7, 11) is -1.91. The molecule has 0 aromatic heterocycles. The molecule has 0 amide bonds. The molecule has 3 N–H and O–H groups in total. The number of halogens is 1. The van der Waals surface area contributed by atoms with Crippen molar-refractivity contribution >= 4 is 40.0 Å². The summed E-state index contributed by atoms with van der Waals surface area (Å²) in [5.74, 6) is 0.631. The second-order valence-corrected chi connectivity index (χ2v) is 9.20. The molecule has 0 spiro atoms. The summed E-state index contributed by atoms with van der Waals surface area (Å²) >= 11 is 0. The second-order valence-electron chi connectivity index (χ2n) is 7.55. The number of benzene rings is 2. The van der Waals surface area contributed by atoms with Crippen LogP contribution in [0.4, 0.5) is 0 Å². The van der Waals surface area contributed by atoms with E-state index >= 15 is 0 Å². The third-order valence-electron chi connectivity index (χ3n) is 3.92. The van der Waals surface area contributed by atoms with Gasteiger partial charge in [-0.3, -0.25) is 4.99 Å². The normalized spacial score (nSPS) is 12.2. The number of guanidine groups is 1. The molecule has 0 aliphatic rings. The molecule has 160 valence electrons. The molecule has 0 saturated carbocycles. The molecule has 2 aromatic carbocycles. The van der Waals surface area contributed by atoms with Gasteiger partial charge in [0.1, 0.15) is 0 Å². The van der Waals surface area contributed by atoms with E-state index in [2.05, 4.69) is 32.5 Å². The summed E-state index contributed by atoms with van der Waals surface area (Å²) in [4.78, 5) is 4.49. The van der Waals surface area contributed by atoms with Crippen molar-refractivity contribution in [3.63, 3.8) is 0 Å². The highest BCUT2D eigenvalue weighted by Gasteiger charge is 2.24. The highest BCUT2D eigenvalue weighted by molar-refractivity contribution is 14.0. The highest BCUT2D eigenvalue weighted by atomic mass is 127. The summed E-state index contributed by atoms with van der Waals surface area (Å²) in [5.41, 5.74) is 1.38. The Morgan fingerprint density at radius 1 is 0.966 bits per heavy atom. The monoisotopic (exact) mass is 530 g/mol. The molecule has 0 heterocycles. The van der Waals surface area contributed by atoms with Crippen LogP contribution in [0.5, 0.6) is 0 Å². The number of nitrogens with zero attached hydrogens (tertiary/aromatic N) is 1. The van der Waals surface area contributed by atoms with Crippen molar-refractivity contribution in [3.05, 3.63) is 65.7 Å². The van der Waals surface area contributed by atoms with Crippen LogP contribution in [-0.4, -0.2) is 33.5 Å². The van der Waals surface area contributed by atoms with Gasteiger partial charge in [-0.1, -0.05) is 48.5 Å². The maximum absolute atomic E-state index is 12.7. The maximum atomic E-state index is 12.7. The molecule has 2 rings (SSSR count). The maximum Gasteiger partial charge on any atom is 0.241 e. The molecule has 0 radical (unpaired) electrons. The molecule has 6 nitrogen and oxygen atoms in total. The molecular formula is C21H31IN4O2S. The van der Waals surface area contributed by atoms with E-state index in [0.29, 0.717) is 18.1 Å². The SMILES string of the molecule is CN=C(NCCc1ccccc1)NCc1ccccc1S(=O)(=O)NC(C)(C)C.I. The highest BCUT2D eigenvalue weighted by Crippen LogP contribution is 2.17. The predicted octanol–water partition coefficient (Wildman–Crippen LogP) is 3.29. The van der Waals surface area contributed by atoms with Crippen LogP contribution in [0.2, 0.25) is 0 Å². The number of hydrogen-bond donors (Lipinski definition) is 3. The Hall–Kier alpha value is -1.65. The Morgan fingerprint density at radius 2 is 1.59 bits per heavy atom. The first-order chi connectivity index (χ1) is 13.2. The first-order valence-corrected chi connectivity index (χ1v) is 10.8. The van der Waals surface area contributed by atoms with Crippen LogP contribution in [0.3, 0.4) is 0 Å². The average molecular weight is 530 g/mol. The van der Waals surface area contributed by atoms with Crippen molar-refractivity contribution in [1.29, 1.82) is 0 Å². The summed E-state index contributed by atoms with van der Waals surface area (Å²) in [6.07, 6.45) is 0.877. The topological polar surface area (TPSA) is 82.6 Å². The predicted molar refractivity (Wildman–Crippen MR) is 130 cm³/mol. The number of hydrogen-bond acceptors (Lipinski definition) is 3. The second kappa shape index (κ2) is 11.5. The molecule has 29 heavy (non-hydrogen) atoms. The van der Waals surface area contributed by atoms with Gasteiger partial charge in [-0.25, -0.2) is 13.1 Å². The number of sulfonamides is 1. The number of aliphatic imine (C=N–C) groups is 1.